The van der Waals surface area contributed by atoms with Crippen LogP contribution in [0.5, 0.6) is 0 Å². The number of aryl methyl sites for hydroxylation is 2. The predicted molar refractivity (Wildman–Crippen MR) is 63.5 cm³/mol. The van der Waals surface area contributed by atoms with E-state index < -0.39 is 5.60 Å². The Morgan fingerprint density at radius 1 is 1.20 bits per heavy atom. The fraction of sp³-hybridized carbons (Fsp3) is 0.385. The minimum atomic E-state index is -0.955. The zero-order valence-electron chi connectivity index (χ0n) is 9.68. The molecule has 0 aliphatic carbocycles. The summed E-state index contributed by atoms with van der Waals surface area (Å²) in [6.07, 6.45) is 0. The van der Waals surface area contributed by atoms with Gasteiger partial charge in [0.25, 0.3) is 0 Å². The van der Waals surface area contributed by atoms with Gasteiger partial charge in [0.2, 0.25) is 0 Å². The molecule has 0 aliphatic heterocycles. The van der Waals surface area contributed by atoms with Gasteiger partial charge in [-0.15, -0.1) is 0 Å². The third-order valence-corrected chi connectivity index (χ3v) is 2.11. The summed E-state index contributed by atoms with van der Waals surface area (Å²) in [5.74, 6) is 5.71. The highest BCUT2D eigenvalue weighted by atomic mass is 16.3. The van der Waals surface area contributed by atoms with Gasteiger partial charge in [-0.3, -0.25) is 0 Å². The van der Waals surface area contributed by atoms with E-state index in [2.05, 4.69) is 11.8 Å². The summed E-state index contributed by atoms with van der Waals surface area (Å²) in [5.41, 5.74) is 8.63. The first kappa shape index (κ1) is 11.6. The lowest BCUT2D eigenvalue weighted by molar-refractivity contribution is 0.143. The van der Waals surface area contributed by atoms with Crippen molar-refractivity contribution in [3.63, 3.8) is 0 Å². The van der Waals surface area contributed by atoms with E-state index in [0.717, 1.165) is 22.4 Å². The molecule has 80 valence electrons. The van der Waals surface area contributed by atoms with Crippen LogP contribution in [0.3, 0.4) is 0 Å². The number of aliphatic hydroxyl groups is 1. The summed E-state index contributed by atoms with van der Waals surface area (Å²) in [4.78, 5) is 0. The van der Waals surface area contributed by atoms with Crippen molar-refractivity contribution in [3.8, 4) is 11.8 Å². The van der Waals surface area contributed by atoms with Gasteiger partial charge < -0.3 is 10.8 Å². The first-order valence-corrected chi connectivity index (χ1v) is 4.92. The lowest BCUT2D eigenvalue weighted by Crippen LogP contribution is -2.14. The van der Waals surface area contributed by atoms with E-state index in [4.69, 9.17) is 5.73 Å². The van der Waals surface area contributed by atoms with Gasteiger partial charge in [-0.2, -0.15) is 0 Å². The molecule has 0 saturated carbocycles. The van der Waals surface area contributed by atoms with Crippen molar-refractivity contribution >= 4 is 5.69 Å². The topological polar surface area (TPSA) is 46.2 Å². The van der Waals surface area contributed by atoms with Crippen LogP contribution in [-0.2, 0) is 0 Å². The Bertz CT molecular complexity index is 407. The number of rotatable bonds is 0. The van der Waals surface area contributed by atoms with E-state index in [1.807, 2.05) is 26.0 Å². The molecular formula is C13H17NO. The maximum Gasteiger partial charge on any atom is 0.120 e. The van der Waals surface area contributed by atoms with Crippen molar-refractivity contribution in [1.29, 1.82) is 0 Å². The van der Waals surface area contributed by atoms with Gasteiger partial charge in [0, 0.05) is 11.3 Å². The smallest absolute Gasteiger partial charge is 0.120 e. The van der Waals surface area contributed by atoms with Gasteiger partial charge in [-0.05, 0) is 51.0 Å². The van der Waals surface area contributed by atoms with Crippen molar-refractivity contribution in [3.05, 3.63) is 28.8 Å². The van der Waals surface area contributed by atoms with Crippen LogP contribution in [-0.4, -0.2) is 10.7 Å². The van der Waals surface area contributed by atoms with Gasteiger partial charge in [0.1, 0.15) is 5.60 Å². The van der Waals surface area contributed by atoms with Gasteiger partial charge in [0.05, 0.1) is 0 Å². The van der Waals surface area contributed by atoms with Crippen LogP contribution in [0.2, 0.25) is 0 Å². The van der Waals surface area contributed by atoms with E-state index in [9.17, 15) is 5.11 Å². The molecule has 15 heavy (non-hydrogen) atoms. The first-order chi connectivity index (χ1) is 6.79. The summed E-state index contributed by atoms with van der Waals surface area (Å²) in [6.45, 7) is 7.24. The molecule has 2 nitrogen and oxygen atoms in total. The summed E-state index contributed by atoms with van der Waals surface area (Å²) < 4.78 is 0. The molecule has 0 aromatic heterocycles. The van der Waals surface area contributed by atoms with Crippen molar-refractivity contribution in [1.82, 2.24) is 0 Å². The largest absolute Gasteiger partial charge is 0.398 e. The molecule has 0 heterocycles. The first-order valence-electron chi connectivity index (χ1n) is 4.92. The molecule has 1 rings (SSSR count). The summed E-state index contributed by atoms with van der Waals surface area (Å²) in [6, 6.07) is 3.86. The van der Waals surface area contributed by atoms with E-state index >= 15 is 0 Å². The predicted octanol–water partition coefficient (Wildman–Crippen LogP) is 2.01. The highest BCUT2D eigenvalue weighted by molar-refractivity contribution is 5.57. The average molecular weight is 203 g/mol. The molecule has 0 unspecified atom stereocenters. The van der Waals surface area contributed by atoms with Gasteiger partial charge >= 0.3 is 0 Å². The Kier molecular flexibility index (Phi) is 3.06. The minimum absolute atomic E-state index is 0.809. The molecule has 0 aliphatic rings. The Balaban J connectivity index is 3.12. The number of hydrogen-bond acceptors (Lipinski definition) is 2. The molecule has 0 spiro atoms. The lowest BCUT2D eigenvalue weighted by atomic mass is 10.0. The average Bonchev–Trinajstić information content (AvgIpc) is 2.09. The maximum atomic E-state index is 9.47. The maximum absolute atomic E-state index is 9.47. The van der Waals surface area contributed by atoms with Gasteiger partial charge in [-0.1, -0.05) is 11.8 Å². The second-order valence-electron chi connectivity index (χ2n) is 4.33. The number of benzene rings is 1. The van der Waals surface area contributed by atoms with Crippen LogP contribution in [0.4, 0.5) is 5.69 Å². The molecule has 0 amide bonds. The Hall–Kier alpha value is -1.46. The quantitative estimate of drug-likeness (QED) is 0.500. The molecule has 2 heteroatoms. The molecule has 0 radical (unpaired) electrons. The van der Waals surface area contributed by atoms with Gasteiger partial charge in [0.15, 0.2) is 0 Å². The van der Waals surface area contributed by atoms with Crippen LogP contribution in [0.15, 0.2) is 12.1 Å². The van der Waals surface area contributed by atoms with Gasteiger partial charge in [-0.25, -0.2) is 0 Å². The fourth-order valence-corrected chi connectivity index (χ4v) is 1.27. The van der Waals surface area contributed by atoms with Crippen molar-refractivity contribution in [2.45, 2.75) is 33.3 Å². The van der Waals surface area contributed by atoms with Crippen LogP contribution in [0, 0.1) is 25.7 Å². The normalized spacial score (nSPS) is 10.7. The highest BCUT2D eigenvalue weighted by Crippen LogP contribution is 2.18. The second kappa shape index (κ2) is 3.96. The monoisotopic (exact) mass is 203 g/mol. The number of nitrogen functional groups attached to an aromatic ring is 1. The van der Waals surface area contributed by atoms with Crippen LogP contribution < -0.4 is 5.73 Å². The molecule has 0 atom stereocenters. The molecule has 1 aromatic carbocycles. The van der Waals surface area contributed by atoms with Crippen LogP contribution >= 0.6 is 0 Å². The standard InChI is InChI=1S/C13H17NO/c1-9-7-11(5-6-13(3,4)15)8-10(2)12(9)14/h7-8,15H,14H2,1-4H3. The molecule has 1 aromatic rings. The van der Waals surface area contributed by atoms with Crippen molar-refractivity contribution in [2.75, 3.05) is 5.73 Å². The molecule has 3 N–H and O–H groups in total. The molecule has 0 fully saturated rings. The lowest BCUT2D eigenvalue weighted by Gasteiger charge is -2.07. The SMILES string of the molecule is Cc1cc(C#CC(C)(C)O)cc(C)c1N. The fourth-order valence-electron chi connectivity index (χ4n) is 1.27. The molecule has 0 bridgehead atoms. The Morgan fingerprint density at radius 3 is 2.07 bits per heavy atom. The highest BCUT2D eigenvalue weighted by Gasteiger charge is 2.06. The zero-order valence-corrected chi connectivity index (χ0v) is 9.68. The number of anilines is 1. The minimum Gasteiger partial charge on any atom is -0.398 e. The van der Waals surface area contributed by atoms with Crippen molar-refractivity contribution in [2.24, 2.45) is 0 Å². The molecular weight excluding hydrogens is 186 g/mol. The van der Waals surface area contributed by atoms with Crippen LogP contribution in [0.25, 0.3) is 0 Å². The summed E-state index contributed by atoms with van der Waals surface area (Å²) in [7, 11) is 0. The second-order valence-corrected chi connectivity index (χ2v) is 4.33. The van der Waals surface area contributed by atoms with E-state index in [0.29, 0.717) is 0 Å². The summed E-state index contributed by atoms with van der Waals surface area (Å²) >= 11 is 0. The third kappa shape index (κ3) is 3.30. The third-order valence-electron chi connectivity index (χ3n) is 2.11. The number of hydrogen-bond donors (Lipinski definition) is 2. The summed E-state index contributed by atoms with van der Waals surface area (Å²) in [5, 5.41) is 9.47. The van der Waals surface area contributed by atoms with Crippen LogP contribution in [0.1, 0.15) is 30.5 Å². The van der Waals surface area contributed by atoms with E-state index in [-0.39, 0.29) is 0 Å². The molecule has 0 saturated heterocycles. The Labute approximate surface area is 91.1 Å². The Morgan fingerprint density at radius 2 is 1.67 bits per heavy atom. The zero-order chi connectivity index (χ0) is 11.6. The van der Waals surface area contributed by atoms with Crippen molar-refractivity contribution < 1.29 is 5.11 Å². The number of nitrogens with two attached hydrogens (primary N) is 1. The van der Waals surface area contributed by atoms with E-state index in [1.165, 1.54) is 0 Å². The van der Waals surface area contributed by atoms with E-state index in [1.54, 1.807) is 13.8 Å².